The minimum Gasteiger partial charge on any atom is -0.208 e. The number of hydrogen-bond donors (Lipinski definition) is 0. The van der Waals surface area contributed by atoms with E-state index in [9.17, 15) is 0 Å². The van der Waals surface area contributed by atoms with Gasteiger partial charge in [0.05, 0.1) is 0 Å². The van der Waals surface area contributed by atoms with Crippen LogP contribution in [0.4, 0.5) is 0 Å². The molecule has 210 valence electrons. The van der Waals surface area contributed by atoms with Crippen LogP contribution in [0, 0.1) is 0 Å². The van der Waals surface area contributed by atoms with E-state index in [1.54, 1.807) is 0 Å². The van der Waals surface area contributed by atoms with Crippen LogP contribution >= 0.6 is 6.89 Å². The van der Waals surface area contributed by atoms with Gasteiger partial charge in [-0.05, 0) is 64.1 Å². The Morgan fingerprint density at radius 3 is 1.58 bits per heavy atom. The summed E-state index contributed by atoms with van der Waals surface area (Å²) >= 11 is 0. The van der Waals surface area contributed by atoms with Crippen molar-refractivity contribution < 1.29 is 0 Å². The Kier molecular flexibility index (Phi) is 6.52. The summed E-state index contributed by atoms with van der Waals surface area (Å²) in [5.41, 5.74) is 10.4. The Hall–Kier alpha value is -4.59. The van der Waals surface area contributed by atoms with Crippen LogP contribution in [0.3, 0.4) is 0 Å². The summed E-state index contributed by atoms with van der Waals surface area (Å²) < 4.78 is 0. The van der Waals surface area contributed by atoms with Gasteiger partial charge >= 0.3 is 0 Å². The molecule has 5 aromatic carbocycles. The molecule has 0 radical (unpaired) electrons. The first-order valence-electron chi connectivity index (χ1n) is 14.6. The highest BCUT2D eigenvalue weighted by Gasteiger charge is 2.36. The zero-order valence-electron chi connectivity index (χ0n) is 25.0. The Labute approximate surface area is 254 Å². The fourth-order valence-electron chi connectivity index (χ4n) is 6.05. The van der Waals surface area contributed by atoms with E-state index in [0.717, 1.165) is 22.3 Å². The second-order valence-electron chi connectivity index (χ2n) is 12.4. The van der Waals surface area contributed by atoms with Crippen LogP contribution in [-0.4, -0.2) is 34.6 Å². The number of nitrogens with zero attached hydrogens (tertiary/aromatic N) is 3. The van der Waals surface area contributed by atoms with E-state index in [-0.39, 0.29) is 5.41 Å². The van der Waals surface area contributed by atoms with Crippen molar-refractivity contribution in [3.8, 4) is 56.4 Å². The molecule has 0 bridgehead atoms. The van der Waals surface area contributed by atoms with Gasteiger partial charge in [0.2, 0.25) is 0 Å². The van der Waals surface area contributed by atoms with Crippen LogP contribution in [0.1, 0.15) is 25.0 Å². The van der Waals surface area contributed by atoms with E-state index in [4.69, 9.17) is 15.0 Å². The van der Waals surface area contributed by atoms with Gasteiger partial charge in [-0.25, -0.2) is 15.0 Å². The molecule has 3 nitrogen and oxygen atoms in total. The van der Waals surface area contributed by atoms with Crippen LogP contribution in [0.2, 0.25) is 0 Å². The summed E-state index contributed by atoms with van der Waals surface area (Å²) in [5, 5.41) is 1.35. The monoisotopic (exact) mass is 575 g/mol. The van der Waals surface area contributed by atoms with Gasteiger partial charge < -0.3 is 0 Å². The Morgan fingerprint density at radius 2 is 0.977 bits per heavy atom. The number of hydrogen-bond acceptors (Lipinski definition) is 3. The number of fused-ring (bicyclic) bond motifs is 3. The topological polar surface area (TPSA) is 38.7 Å². The molecule has 1 aromatic heterocycles. The summed E-state index contributed by atoms with van der Waals surface area (Å²) in [6.45, 7) is 7.80. The third-order valence-electron chi connectivity index (χ3n) is 8.53. The average molecular weight is 576 g/mol. The lowest BCUT2D eigenvalue weighted by atomic mass is 9.82. The molecule has 0 atom stereocenters. The fraction of sp³-hybridized carbons (Fsp3) is 0.128. The SMILES string of the molecule is C=P(C)(C)c1ccc2c(c1)-c1ccc(-c3nc(-c4ccccc4)nc(-c4ccc(-c5ccccc5)cc4)n3)cc1C2(C)C. The molecule has 0 amide bonds. The van der Waals surface area contributed by atoms with Gasteiger partial charge in [0.25, 0.3) is 0 Å². The van der Waals surface area contributed by atoms with Crippen molar-refractivity contribution in [2.75, 3.05) is 13.3 Å². The third-order valence-corrected chi connectivity index (χ3v) is 10.2. The van der Waals surface area contributed by atoms with E-state index >= 15 is 0 Å². The third kappa shape index (κ3) is 4.94. The second-order valence-corrected chi connectivity index (χ2v) is 16.3. The van der Waals surface area contributed by atoms with Crippen molar-refractivity contribution in [2.45, 2.75) is 19.3 Å². The number of rotatable bonds is 5. The molecule has 0 aliphatic heterocycles. The fourth-order valence-corrected chi connectivity index (χ4v) is 7.01. The van der Waals surface area contributed by atoms with Crippen molar-refractivity contribution in [2.24, 2.45) is 0 Å². The zero-order chi connectivity index (χ0) is 29.8. The lowest BCUT2D eigenvalue weighted by Crippen LogP contribution is -2.16. The summed E-state index contributed by atoms with van der Waals surface area (Å²) in [5.74, 6) is 2.01. The van der Waals surface area contributed by atoms with Gasteiger partial charge in [-0.3, -0.25) is 0 Å². The van der Waals surface area contributed by atoms with E-state index in [0.29, 0.717) is 17.5 Å². The first-order chi connectivity index (χ1) is 20.7. The molecule has 1 aliphatic carbocycles. The van der Waals surface area contributed by atoms with Crippen LogP contribution in [0.15, 0.2) is 121 Å². The highest BCUT2D eigenvalue weighted by atomic mass is 31.2. The van der Waals surface area contributed by atoms with Crippen molar-refractivity contribution in [1.29, 1.82) is 0 Å². The number of benzene rings is 5. The average Bonchev–Trinajstić information content (AvgIpc) is 3.26. The summed E-state index contributed by atoms with van der Waals surface area (Å²) in [6.07, 6.45) is 4.49. The molecule has 1 heterocycles. The zero-order valence-corrected chi connectivity index (χ0v) is 25.9. The van der Waals surface area contributed by atoms with Crippen LogP contribution in [0.25, 0.3) is 56.4 Å². The second kappa shape index (κ2) is 10.3. The van der Waals surface area contributed by atoms with Gasteiger partial charge in [0, 0.05) is 22.1 Å². The largest absolute Gasteiger partial charge is 0.208 e. The van der Waals surface area contributed by atoms with Gasteiger partial charge in [0.1, 0.15) is 0 Å². The molecule has 0 fully saturated rings. The van der Waals surface area contributed by atoms with Gasteiger partial charge in [0.15, 0.2) is 17.5 Å². The summed E-state index contributed by atoms with van der Waals surface area (Å²) in [4.78, 5) is 15.0. The van der Waals surface area contributed by atoms with Gasteiger partial charge in [-0.15, -0.1) is 0 Å². The van der Waals surface area contributed by atoms with Gasteiger partial charge in [-0.1, -0.05) is 136 Å². The highest BCUT2D eigenvalue weighted by molar-refractivity contribution is 7.79. The van der Waals surface area contributed by atoms with Crippen LogP contribution in [-0.2, 0) is 5.41 Å². The molecule has 0 unspecified atom stereocenters. The first-order valence-corrected chi connectivity index (χ1v) is 17.5. The molecule has 43 heavy (non-hydrogen) atoms. The minimum absolute atomic E-state index is 0.131. The maximum Gasteiger partial charge on any atom is 0.164 e. The van der Waals surface area contributed by atoms with Crippen molar-refractivity contribution in [3.63, 3.8) is 0 Å². The van der Waals surface area contributed by atoms with Crippen molar-refractivity contribution in [3.05, 3.63) is 132 Å². The highest BCUT2D eigenvalue weighted by Crippen LogP contribution is 2.50. The normalized spacial score (nSPS) is 13.4. The molecular formula is C39H34N3P. The van der Waals surface area contributed by atoms with Crippen molar-refractivity contribution in [1.82, 2.24) is 15.0 Å². The van der Waals surface area contributed by atoms with E-state index in [1.165, 1.54) is 33.1 Å². The Bertz CT molecular complexity index is 2020. The lowest BCUT2D eigenvalue weighted by molar-refractivity contribution is 0.660. The van der Waals surface area contributed by atoms with Crippen LogP contribution in [0.5, 0.6) is 0 Å². The molecule has 6 aromatic rings. The van der Waals surface area contributed by atoms with Crippen molar-refractivity contribution >= 4 is 18.5 Å². The molecule has 0 saturated carbocycles. The smallest absolute Gasteiger partial charge is 0.164 e. The molecule has 1 aliphatic rings. The molecule has 0 N–H and O–H groups in total. The van der Waals surface area contributed by atoms with E-state index in [2.05, 4.69) is 118 Å². The molecule has 4 heteroatoms. The van der Waals surface area contributed by atoms with Crippen LogP contribution < -0.4 is 5.30 Å². The molecular weight excluding hydrogens is 541 g/mol. The van der Waals surface area contributed by atoms with E-state index in [1.807, 2.05) is 36.4 Å². The van der Waals surface area contributed by atoms with E-state index < -0.39 is 6.89 Å². The minimum atomic E-state index is -1.38. The summed E-state index contributed by atoms with van der Waals surface area (Å²) in [6, 6.07) is 42.7. The Morgan fingerprint density at radius 1 is 0.488 bits per heavy atom. The predicted octanol–water partition coefficient (Wildman–Crippen LogP) is 9.18. The molecule has 0 saturated heterocycles. The summed E-state index contributed by atoms with van der Waals surface area (Å²) in [7, 11) is 0. The Balaban J connectivity index is 1.35. The standard InChI is InChI=1S/C39H34N3P/c1-39(2)34-23-21-31(43(3,4)5)25-33(34)32-22-20-30(24-35(32)39)38-41-36(28-14-10-7-11-15-28)40-37(42-38)29-18-16-27(17-19-29)26-12-8-6-9-13-26/h6-25H,3H2,1-2,4-5H3. The lowest BCUT2D eigenvalue weighted by Gasteiger charge is -2.22. The first kappa shape index (κ1) is 27.3. The maximum absolute atomic E-state index is 5.04. The predicted molar refractivity (Wildman–Crippen MR) is 185 cm³/mol. The number of aromatic nitrogens is 3. The quantitative estimate of drug-likeness (QED) is 0.192. The molecule has 7 rings (SSSR count). The van der Waals surface area contributed by atoms with Gasteiger partial charge in [-0.2, -0.15) is 0 Å². The molecule has 0 spiro atoms. The maximum atomic E-state index is 5.04.